The molecule has 29 heavy (non-hydrogen) atoms. The van der Waals surface area contributed by atoms with E-state index in [2.05, 4.69) is 54.1 Å². The summed E-state index contributed by atoms with van der Waals surface area (Å²) in [6, 6.07) is 18.2. The lowest BCUT2D eigenvalue weighted by Gasteiger charge is -2.11. The predicted octanol–water partition coefficient (Wildman–Crippen LogP) is 4.07. The molecule has 0 aliphatic heterocycles. The Morgan fingerprint density at radius 2 is 1.76 bits per heavy atom. The first-order valence-electron chi connectivity index (χ1n) is 8.81. The summed E-state index contributed by atoms with van der Waals surface area (Å²) in [5.74, 6) is 1.51. The number of hydrogen-bond donors (Lipinski definition) is 4. The van der Waals surface area contributed by atoms with Crippen molar-refractivity contribution in [3.8, 4) is 11.5 Å². The second-order valence-electron chi connectivity index (χ2n) is 5.78. The number of aliphatic hydroxyl groups excluding tert-OH is 1. The van der Waals surface area contributed by atoms with Crippen molar-refractivity contribution in [3.05, 3.63) is 83.7 Å². The first-order valence-corrected chi connectivity index (χ1v) is 9.25. The highest BCUT2D eigenvalue weighted by molar-refractivity contribution is 7.80. The fraction of sp³-hybridized carbons (Fsp3) is 0.182. The molecule has 0 radical (unpaired) electrons. The molecule has 3 rings (SSSR count). The molecule has 3 aromatic rings. The zero-order valence-corrected chi connectivity index (χ0v) is 17.3. The maximum Gasteiger partial charge on any atom is 0.290 e. The molecule has 0 bridgehead atoms. The van der Waals surface area contributed by atoms with Gasteiger partial charge in [-0.2, -0.15) is 0 Å². The third kappa shape index (κ3) is 9.25. The number of hydrogen-bond acceptors (Lipinski definition) is 6. The Bertz CT molecular complexity index is 843. The molecule has 0 saturated heterocycles. The van der Waals surface area contributed by atoms with Crippen LogP contribution >= 0.6 is 12.6 Å². The molecule has 0 saturated carbocycles. The third-order valence-corrected chi connectivity index (χ3v) is 4.12. The Balaban J connectivity index is 0.000000771. The summed E-state index contributed by atoms with van der Waals surface area (Å²) in [6.07, 6.45) is 3.42. The van der Waals surface area contributed by atoms with Crippen LogP contribution in [0.3, 0.4) is 0 Å². The molecular weight excluding hydrogens is 388 g/mol. The number of ether oxygens (including phenoxy) is 1. The molecule has 0 fully saturated rings. The number of rotatable bonds is 6. The van der Waals surface area contributed by atoms with Gasteiger partial charge in [-0.25, -0.2) is 0 Å². The smallest absolute Gasteiger partial charge is 0.290 e. The molecule has 0 spiro atoms. The van der Waals surface area contributed by atoms with E-state index in [0.29, 0.717) is 0 Å². The van der Waals surface area contributed by atoms with Crippen molar-refractivity contribution in [3.63, 3.8) is 0 Å². The number of nitrogens with zero attached hydrogens (tertiary/aromatic N) is 1. The van der Waals surface area contributed by atoms with E-state index in [0.717, 1.165) is 42.2 Å². The molecule has 0 amide bonds. The van der Waals surface area contributed by atoms with E-state index in [1.807, 2.05) is 30.3 Å². The van der Waals surface area contributed by atoms with Crippen molar-refractivity contribution in [2.75, 3.05) is 7.11 Å². The quantitative estimate of drug-likeness (QED) is 0.359. The van der Waals surface area contributed by atoms with Crippen molar-refractivity contribution >= 4 is 19.1 Å². The zero-order chi connectivity index (χ0) is 21.5. The van der Waals surface area contributed by atoms with Gasteiger partial charge in [0.25, 0.3) is 6.47 Å². The van der Waals surface area contributed by atoms with Gasteiger partial charge in [0.15, 0.2) is 0 Å². The normalized spacial score (nSPS) is 9.38. The highest BCUT2D eigenvalue weighted by Gasteiger charge is 2.04. The molecule has 154 valence electrons. The van der Waals surface area contributed by atoms with Gasteiger partial charge in [0.05, 0.1) is 6.20 Å². The van der Waals surface area contributed by atoms with E-state index in [1.54, 1.807) is 12.4 Å². The number of carboxylic acid groups (broad SMARTS) is 1. The summed E-state index contributed by atoms with van der Waals surface area (Å²) in [5, 5.41) is 17.3. The van der Waals surface area contributed by atoms with Crippen LogP contribution in [0.4, 0.5) is 0 Å². The van der Waals surface area contributed by atoms with E-state index >= 15 is 0 Å². The lowest BCUT2D eigenvalue weighted by Crippen LogP contribution is -2.13. The second-order valence-corrected chi connectivity index (χ2v) is 6.26. The molecule has 7 heteroatoms. The average molecular weight is 415 g/mol. The standard InChI is InChI=1S/C20H20N2OS.CH2O2.CH4O/c1-15-4-6-16(7-5-15)12-22-13-17-11-18(8-9-20(17)24)23-19-3-2-10-21-14-19;2-1-3;1-2/h2-11,14,22,24H,12-13H2,1H3;1H,(H,2,3);2H,1H3. The van der Waals surface area contributed by atoms with Crippen molar-refractivity contribution in [2.45, 2.75) is 24.9 Å². The summed E-state index contributed by atoms with van der Waals surface area (Å²) >= 11 is 4.54. The lowest BCUT2D eigenvalue weighted by molar-refractivity contribution is -0.122. The topological polar surface area (TPSA) is 91.7 Å². The van der Waals surface area contributed by atoms with Gasteiger partial charge in [-0.3, -0.25) is 9.78 Å². The Morgan fingerprint density at radius 1 is 1.07 bits per heavy atom. The van der Waals surface area contributed by atoms with Gasteiger partial charge in [-0.15, -0.1) is 12.6 Å². The number of aliphatic hydroxyl groups is 1. The van der Waals surface area contributed by atoms with Crippen LogP contribution in [0.1, 0.15) is 16.7 Å². The Labute approximate surface area is 176 Å². The molecule has 6 nitrogen and oxygen atoms in total. The van der Waals surface area contributed by atoms with Gasteiger partial charge in [-0.05, 0) is 48.4 Å². The monoisotopic (exact) mass is 414 g/mol. The molecule has 0 aliphatic rings. The van der Waals surface area contributed by atoms with Crippen LogP contribution in [0, 0.1) is 6.92 Å². The molecule has 0 atom stereocenters. The van der Waals surface area contributed by atoms with Gasteiger partial charge < -0.3 is 20.3 Å². The molecule has 1 heterocycles. The molecule has 0 unspecified atom stereocenters. The largest absolute Gasteiger partial charge is 0.483 e. The van der Waals surface area contributed by atoms with Crippen molar-refractivity contribution in [2.24, 2.45) is 0 Å². The first kappa shape index (κ1) is 24.2. The van der Waals surface area contributed by atoms with Crippen molar-refractivity contribution < 1.29 is 19.7 Å². The van der Waals surface area contributed by atoms with E-state index in [-0.39, 0.29) is 6.47 Å². The summed E-state index contributed by atoms with van der Waals surface area (Å²) in [7, 11) is 1.00. The number of nitrogens with one attached hydrogen (secondary N) is 1. The van der Waals surface area contributed by atoms with E-state index in [4.69, 9.17) is 19.7 Å². The lowest BCUT2D eigenvalue weighted by atomic mass is 10.1. The number of pyridine rings is 1. The molecule has 1 aromatic heterocycles. The Morgan fingerprint density at radius 3 is 2.38 bits per heavy atom. The first-order chi connectivity index (χ1) is 14.1. The average Bonchev–Trinajstić information content (AvgIpc) is 2.74. The van der Waals surface area contributed by atoms with Crippen LogP contribution in [0.15, 0.2) is 71.9 Å². The van der Waals surface area contributed by atoms with Gasteiger partial charge in [-0.1, -0.05) is 29.8 Å². The fourth-order valence-electron chi connectivity index (χ4n) is 2.36. The SMILES string of the molecule is CO.Cc1ccc(CNCc2cc(Oc3cccnc3)ccc2S)cc1.O=CO. The van der Waals surface area contributed by atoms with Crippen LogP contribution < -0.4 is 10.1 Å². The number of aromatic nitrogens is 1. The van der Waals surface area contributed by atoms with Crippen LogP contribution in [-0.4, -0.2) is 28.8 Å². The van der Waals surface area contributed by atoms with E-state index in [1.165, 1.54) is 11.1 Å². The predicted molar refractivity (Wildman–Crippen MR) is 117 cm³/mol. The molecular formula is C22H26N2O4S. The number of aryl methyl sites for hydroxylation is 1. The van der Waals surface area contributed by atoms with Crippen LogP contribution in [0.25, 0.3) is 0 Å². The fourth-order valence-corrected chi connectivity index (χ4v) is 2.58. The molecule has 0 aliphatic carbocycles. The summed E-state index contributed by atoms with van der Waals surface area (Å²) in [5.41, 5.74) is 3.65. The van der Waals surface area contributed by atoms with Gasteiger partial charge in [0.2, 0.25) is 0 Å². The highest BCUT2D eigenvalue weighted by atomic mass is 32.1. The maximum absolute atomic E-state index is 8.36. The van der Waals surface area contributed by atoms with Crippen LogP contribution in [0.2, 0.25) is 0 Å². The summed E-state index contributed by atoms with van der Waals surface area (Å²) < 4.78 is 5.83. The zero-order valence-electron chi connectivity index (χ0n) is 16.4. The third-order valence-electron chi connectivity index (χ3n) is 3.69. The Kier molecular flexibility index (Phi) is 11.8. The number of benzene rings is 2. The number of thiol groups is 1. The molecule has 2 aromatic carbocycles. The summed E-state index contributed by atoms with van der Waals surface area (Å²) in [6.45, 7) is 3.40. The van der Waals surface area contributed by atoms with Crippen LogP contribution in [0.5, 0.6) is 11.5 Å². The van der Waals surface area contributed by atoms with Gasteiger partial charge in [0.1, 0.15) is 11.5 Å². The highest BCUT2D eigenvalue weighted by Crippen LogP contribution is 2.25. The van der Waals surface area contributed by atoms with Gasteiger partial charge >= 0.3 is 0 Å². The van der Waals surface area contributed by atoms with Crippen molar-refractivity contribution in [1.29, 1.82) is 0 Å². The van der Waals surface area contributed by atoms with E-state index < -0.39 is 0 Å². The minimum Gasteiger partial charge on any atom is -0.483 e. The second kappa shape index (κ2) is 14.2. The number of carbonyl (C=O) groups is 1. The van der Waals surface area contributed by atoms with E-state index in [9.17, 15) is 0 Å². The molecule has 3 N–H and O–H groups in total. The maximum atomic E-state index is 8.36. The van der Waals surface area contributed by atoms with Crippen molar-refractivity contribution in [1.82, 2.24) is 10.3 Å². The minimum atomic E-state index is -0.250. The Hall–Kier alpha value is -2.87. The van der Waals surface area contributed by atoms with Gasteiger partial charge in [0, 0.05) is 31.3 Å². The minimum absolute atomic E-state index is 0.250. The van der Waals surface area contributed by atoms with Crippen LogP contribution in [-0.2, 0) is 17.9 Å². The summed E-state index contributed by atoms with van der Waals surface area (Å²) in [4.78, 5) is 13.4.